The van der Waals surface area contributed by atoms with E-state index in [4.69, 9.17) is 16.6 Å². The van der Waals surface area contributed by atoms with Crippen molar-refractivity contribution in [2.75, 3.05) is 0 Å². The van der Waals surface area contributed by atoms with Gasteiger partial charge in [0.2, 0.25) is 2.86 Å². The van der Waals surface area contributed by atoms with Crippen molar-refractivity contribution >= 4 is 0 Å². The molecule has 2 heteroatoms. The van der Waals surface area contributed by atoms with E-state index in [0.717, 1.165) is 0 Å². The van der Waals surface area contributed by atoms with Crippen LogP contribution in [0.5, 0.6) is 0 Å². The summed E-state index contributed by atoms with van der Waals surface area (Å²) in [4.78, 5) is 0. The molecule has 50 valence electrons. The summed E-state index contributed by atoms with van der Waals surface area (Å²) >= 11 is 0. The second kappa shape index (κ2) is 1.71. The first kappa shape index (κ1) is 1.06. The summed E-state index contributed by atoms with van der Waals surface area (Å²) in [7, 11) is 0. The molecule has 0 spiro atoms. The second-order valence-corrected chi connectivity index (χ2v) is 1.51. The predicted octanol–water partition coefficient (Wildman–Crippen LogP) is 0.528. The Morgan fingerprint density at radius 2 is 1.88 bits per heavy atom. The lowest BCUT2D eigenvalue weighted by molar-refractivity contribution is -0.107. The largest absolute Gasteiger partial charge is 0.387 e. The van der Waals surface area contributed by atoms with Gasteiger partial charge in [0.05, 0.1) is 11.2 Å². The van der Waals surface area contributed by atoms with Crippen LogP contribution in [0.15, 0.2) is 0 Å². The molecule has 1 atom stereocenters. The van der Waals surface area contributed by atoms with Crippen LogP contribution in [-0.2, 0) is 0 Å². The Labute approximate surface area is 67.2 Å². The van der Waals surface area contributed by atoms with Crippen LogP contribution in [0.4, 0.5) is 0 Å². The highest BCUT2D eigenvalue weighted by atomic mass is 16.3. The highest BCUT2D eigenvalue weighted by Gasteiger charge is 2.31. The van der Waals surface area contributed by atoms with Crippen molar-refractivity contribution in [3.05, 3.63) is 0 Å². The van der Waals surface area contributed by atoms with Gasteiger partial charge < -0.3 is 10.2 Å². The highest BCUT2D eigenvalue weighted by Crippen LogP contribution is 2.18. The Bertz CT molecular complexity index is 308. The summed E-state index contributed by atoms with van der Waals surface area (Å²) in [5, 5.41) is 7.74. The van der Waals surface area contributed by atoms with Crippen molar-refractivity contribution in [1.29, 1.82) is 2.86 Å². The van der Waals surface area contributed by atoms with E-state index in [1.54, 1.807) is 0 Å². The number of hydrogen-bond acceptors (Lipinski definition) is 2. The van der Waals surface area contributed by atoms with Gasteiger partial charge >= 0.3 is 0 Å². The van der Waals surface area contributed by atoms with Crippen LogP contribution < -0.4 is 0 Å². The maximum absolute atomic E-state index is 7.27. The van der Waals surface area contributed by atoms with Crippen molar-refractivity contribution in [3.8, 4) is 0 Å². The standard InChI is InChI=1S/C6H14O2/c1-5(2,7)6(3,4)8/h7-8H,1-4H3/i1D,2D3,3D3,4D3,7D,8D. The molecule has 0 aliphatic carbocycles. The van der Waals surface area contributed by atoms with E-state index in [2.05, 4.69) is 10.2 Å². The third kappa shape index (κ3) is 1.80. The average molecular weight is 130 g/mol. The van der Waals surface area contributed by atoms with E-state index in [1.165, 1.54) is 0 Å². The third-order valence-electron chi connectivity index (χ3n) is 0.569. The summed E-state index contributed by atoms with van der Waals surface area (Å²) in [6, 6.07) is 0. The fourth-order valence-corrected chi connectivity index (χ4v) is 0. The van der Waals surface area contributed by atoms with Crippen molar-refractivity contribution < 1.29 is 23.9 Å². The molecule has 8 heavy (non-hydrogen) atoms. The normalized spacial score (nSPS) is 46.5. The quantitative estimate of drug-likeness (QED) is 0.585. The molecule has 0 aromatic carbocycles. The lowest BCUT2D eigenvalue weighted by atomic mass is 9.90. The number of hydrogen-bond donors (Lipinski definition) is 2. The zero-order valence-electron chi connectivity index (χ0n) is 16.0. The molecule has 0 saturated heterocycles. The molecule has 0 aromatic rings. The maximum Gasteiger partial charge on any atom is 0.211 e. The first-order valence-corrected chi connectivity index (χ1v) is 1.76. The van der Waals surface area contributed by atoms with Gasteiger partial charge in [-0.15, -0.1) is 0 Å². The van der Waals surface area contributed by atoms with Crippen molar-refractivity contribution in [1.82, 2.24) is 0 Å². The summed E-state index contributed by atoms with van der Waals surface area (Å²) in [5.74, 6) is 0. The highest BCUT2D eigenvalue weighted by molar-refractivity contribution is 4.84. The lowest BCUT2D eigenvalue weighted by Crippen LogP contribution is -2.44. The van der Waals surface area contributed by atoms with Gasteiger partial charge in [-0.3, -0.25) is 0 Å². The van der Waals surface area contributed by atoms with Gasteiger partial charge in [-0.2, -0.15) is 0 Å². The van der Waals surface area contributed by atoms with Crippen LogP contribution in [0, 0.1) is 0 Å². The van der Waals surface area contributed by atoms with Gasteiger partial charge in [0.25, 0.3) is 0 Å². The number of aliphatic hydroxyl groups is 2. The summed E-state index contributed by atoms with van der Waals surface area (Å²) in [6.07, 6.45) is 0. The molecule has 0 aliphatic rings. The fourth-order valence-electron chi connectivity index (χ4n) is 0. The zero-order chi connectivity index (χ0) is 16.6. The van der Waals surface area contributed by atoms with Gasteiger partial charge in [-0.25, -0.2) is 0 Å². The van der Waals surface area contributed by atoms with Crippen molar-refractivity contribution in [3.63, 3.8) is 0 Å². The van der Waals surface area contributed by atoms with Crippen LogP contribution in [0.1, 0.15) is 41.2 Å². The average Bonchev–Trinajstić information content (AvgIpc) is 2.19. The molecule has 1 unspecified atom stereocenters. The molecule has 2 N–H and O–H groups in total. The summed E-state index contributed by atoms with van der Waals surface area (Å²) < 4.78 is 86.3. The van der Waals surface area contributed by atoms with Crippen molar-refractivity contribution in [2.24, 2.45) is 0 Å². The van der Waals surface area contributed by atoms with E-state index in [-0.39, 0.29) is 0 Å². The smallest absolute Gasteiger partial charge is 0.211 e. The molecule has 0 radical (unpaired) electrons. The minimum atomic E-state index is -3.68. The molecule has 0 bridgehead atoms. The Hall–Kier alpha value is -0.0800. The first-order chi connectivity index (χ1) is 8.68. The summed E-state index contributed by atoms with van der Waals surface area (Å²) in [6.45, 7) is -12.2. The zero-order valence-corrected chi connectivity index (χ0v) is 4.02. The molecular formula is C6H14O2. The lowest BCUT2D eigenvalue weighted by Gasteiger charge is -2.31. The molecule has 0 amide bonds. The van der Waals surface area contributed by atoms with Gasteiger partial charge in [0, 0.05) is 13.7 Å². The third-order valence-corrected chi connectivity index (χ3v) is 0.569. The molecular weight excluding hydrogens is 104 g/mol. The van der Waals surface area contributed by atoms with Crippen LogP contribution in [0.3, 0.4) is 0 Å². The SMILES string of the molecule is [2H]CC(O[2H])(C([2H])([2H])[2H])C(O[2H])(C([2H])([2H])[2H])C([2H])([2H])[2H]. The van der Waals surface area contributed by atoms with Gasteiger partial charge in [0.15, 0.2) is 0 Å². The molecule has 0 heterocycles. The molecule has 0 aliphatic heterocycles. The Morgan fingerprint density at radius 1 is 1.25 bits per heavy atom. The Balaban J connectivity index is 6.66. The fraction of sp³-hybridized carbons (Fsp3) is 1.00. The van der Waals surface area contributed by atoms with Gasteiger partial charge in [-0.1, -0.05) is 0 Å². The van der Waals surface area contributed by atoms with E-state index >= 15 is 0 Å². The second-order valence-electron chi connectivity index (χ2n) is 1.51. The Morgan fingerprint density at radius 3 is 2.00 bits per heavy atom. The predicted molar refractivity (Wildman–Crippen MR) is 32.6 cm³/mol. The van der Waals surface area contributed by atoms with Gasteiger partial charge in [0.1, 0.15) is 0 Å². The minimum Gasteiger partial charge on any atom is -0.387 e. The van der Waals surface area contributed by atoms with Crippen LogP contribution in [-0.4, -0.2) is 24.3 Å². The molecule has 0 fully saturated rings. The van der Waals surface area contributed by atoms with Crippen LogP contribution >= 0.6 is 0 Å². The molecule has 2 nitrogen and oxygen atoms in total. The van der Waals surface area contributed by atoms with Crippen molar-refractivity contribution in [2.45, 2.75) is 38.7 Å². The maximum atomic E-state index is 7.27. The monoisotopic (exact) mass is 130 g/mol. The Kier molecular flexibility index (Phi) is 0.226. The first-order valence-electron chi connectivity index (χ1n) is 7.79. The van der Waals surface area contributed by atoms with Crippen LogP contribution in [0.2, 0.25) is 0 Å². The van der Waals surface area contributed by atoms with Crippen LogP contribution in [0.25, 0.3) is 0 Å². The van der Waals surface area contributed by atoms with Gasteiger partial charge in [-0.05, 0) is 27.5 Å². The van der Waals surface area contributed by atoms with E-state index < -0.39 is 38.7 Å². The van der Waals surface area contributed by atoms with E-state index in [0.29, 0.717) is 0 Å². The molecule has 0 aromatic heterocycles. The summed E-state index contributed by atoms with van der Waals surface area (Å²) in [5.41, 5.74) is -7.03. The topological polar surface area (TPSA) is 40.5 Å². The van der Waals surface area contributed by atoms with E-state index in [9.17, 15) is 0 Å². The minimum absolute atomic E-state index is 1.43. The molecule has 0 rings (SSSR count). The van der Waals surface area contributed by atoms with E-state index in [1.807, 2.05) is 0 Å². The molecule has 0 saturated carbocycles. The number of rotatable bonds is 3.